The Morgan fingerprint density at radius 3 is 2.52 bits per heavy atom. The van der Waals surface area contributed by atoms with Crippen molar-refractivity contribution in [2.24, 2.45) is 5.92 Å². The number of nitriles is 1. The number of para-hydroxylation sites is 1. The molecule has 0 saturated carbocycles. The maximum absolute atomic E-state index is 12.1. The van der Waals surface area contributed by atoms with Crippen LogP contribution in [0.15, 0.2) is 60.7 Å². The highest BCUT2D eigenvalue weighted by molar-refractivity contribution is 6.30. The molecule has 0 aliphatic rings. The zero-order valence-corrected chi connectivity index (χ0v) is 12.8. The Morgan fingerprint density at radius 2 is 1.87 bits per heavy atom. The summed E-state index contributed by atoms with van der Waals surface area (Å²) in [5, 5.41) is 12.2. The lowest BCUT2D eigenvalue weighted by Gasteiger charge is -2.07. The van der Waals surface area contributed by atoms with E-state index in [4.69, 9.17) is 16.9 Å². The first-order valence-electron chi connectivity index (χ1n) is 6.83. The van der Waals surface area contributed by atoms with Crippen LogP contribution in [0.1, 0.15) is 5.56 Å². The molecule has 1 unspecified atom stereocenters. The van der Waals surface area contributed by atoms with Gasteiger partial charge >= 0.3 is 0 Å². The molecule has 0 saturated heterocycles. The van der Waals surface area contributed by atoms with E-state index in [1.807, 2.05) is 0 Å². The zero-order valence-electron chi connectivity index (χ0n) is 12.1. The number of halogens is 1. The molecule has 0 aliphatic heterocycles. The van der Waals surface area contributed by atoms with Gasteiger partial charge in [0.15, 0.2) is 11.7 Å². The monoisotopic (exact) mass is 324 g/mol. The minimum Gasteiger partial charge on any atom is -0.325 e. The van der Waals surface area contributed by atoms with Crippen LogP contribution in [-0.2, 0) is 9.59 Å². The summed E-state index contributed by atoms with van der Waals surface area (Å²) < 4.78 is 0. The summed E-state index contributed by atoms with van der Waals surface area (Å²) in [5.41, 5.74) is 1.25. The molecule has 1 atom stereocenters. The lowest BCUT2D eigenvalue weighted by Crippen LogP contribution is -2.27. The van der Waals surface area contributed by atoms with Crippen molar-refractivity contribution in [1.29, 1.82) is 5.26 Å². The van der Waals surface area contributed by atoms with Crippen molar-refractivity contribution in [2.45, 2.75) is 0 Å². The molecule has 2 aromatic rings. The van der Waals surface area contributed by atoms with Crippen LogP contribution in [0.3, 0.4) is 0 Å². The van der Waals surface area contributed by atoms with Gasteiger partial charge in [0.1, 0.15) is 0 Å². The summed E-state index contributed by atoms with van der Waals surface area (Å²) in [6, 6.07) is 17.3. The molecule has 0 aromatic heterocycles. The van der Waals surface area contributed by atoms with E-state index in [0.717, 1.165) is 0 Å². The molecule has 0 aliphatic carbocycles. The van der Waals surface area contributed by atoms with Gasteiger partial charge in [-0.15, -0.1) is 0 Å². The van der Waals surface area contributed by atoms with E-state index < -0.39 is 17.6 Å². The number of ketones is 1. The van der Waals surface area contributed by atoms with E-state index >= 15 is 0 Å². The van der Waals surface area contributed by atoms with Crippen molar-refractivity contribution in [3.8, 4) is 6.07 Å². The van der Waals surface area contributed by atoms with Crippen LogP contribution in [0.25, 0.3) is 6.08 Å². The number of nitrogens with zero attached hydrogens (tertiary/aromatic N) is 1. The molecule has 1 N–H and O–H groups in total. The number of anilines is 1. The Hall–Kier alpha value is -2.90. The number of allylic oxidation sites excluding steroid dienone is 1. The average molecular weight is 325 g/mol. The fourth-order valence-electron chi connectivity index (χ4n) is 1.87. The number of carbonyl (C=O) groups is 2. The standard InChI is InChI=1S/C18H13ClN2O2/c19-14-6-4-5-13(11-14)9-10-17(22)16(12-20)18(23)21-15-7-2-1-3-8-15/h1-11,16H,(H,21,23). The summed E-state index contributed by atoms with van der Waals surface area (Å²) in [6.45, 7) is 0. The molecule has 114 valence electrons. The van der Waals surface area contributed by atoms with Crippen LogP contribution in [0.4, 0.5) is 5.69 Å². The van der Waals surface area contributed by atoms with Gasteiger partial charge in [-0.05, 0) is 35.9 Å². The zero-order chi connectivity index (χ0) is 16.7. The number of amides is 1. The first-order chi connectivity index (χ1) is 11.1. The average Bonchev–Trinajstić information content (AvgIpc) is 2.54. The second-order valence-corrected chi connectivity index (χ2v) is 5.14. The van der Waals surface area contributed by atoms with Crippen LogP contribution in [0.2, 0.25) is 5.02 Å². The molecular formula is C18H13ClN2O2. The fourth-order valence-corrected chi connectivity index (χ4v) is 2.07. The second-order valence-electron chi connectivity index (χ2n) is 4.71. The fraction of sp³-hybridized carbons (Fsp3) is 0.0556. The largest absolute Gasteiger partial charge is 0.325 e. The van der Waals surface area contributed by atoms with E-state index in [0.29, 0.717) is 16.3 Å². The molecule has 2 rings (SSSR count). The van der Waals surface area contributed by atoms with Crippen LogP contribution in [0, 0.1) is 17.2 Å². The molecule has 23 heavy (non-hydrogen) atoms. The third kappa shape index (κ3) is 4.80. The number of hydrogen-bond donors (Lipinski definition) is 1. The van der Waals surface area contributed by atoms with Gasteiger partial charge in [0.25, 0.3) is 0 Å². The van der Waals surface area contributed by atoms with Gasteiger partial charge in [0.05, 0.1) is 6.07 Å². The molecule has 5 heteroatoms. The summed E-state index contributed by atoms with van der Waals surface area (Å²) in [7, 11) is 0. The Balaban J connectivity index is 2.06. The number of nitrogens with one attached hydrogen (secondary N) is 1. The third-order valence-corrected chi connectivity index (χ3v) is 3.24. The van der Waals surface area contributed by atoms with Crippen molar-refractivity contribution >= 4 is 35.1 Å². The van der Waals surface area contributed by atoms with E-state index in [-0.39, 0.29) is 0 Å². The molecule has 2 aromatic carbocycles. The second kappa shape index (κ2) is 7.92. The maximum Gasteiger partial charge on any atom is 0.249 e. The summed E-state index contributed by atoms with van der Waals surface area (Å²) in [6.07, 6.45) is 2.73. The molecule has 0 bridgehead atoms. The van der Waals surface area contributed by atoms with E-state index in [2.05, 4.69) is 5.32 Å². The molecule has 4 nitrogen and oxygen atoms in total. The lowest BCUT2D eigenvalue weighted by atomic mass is 10.0. The van der Waals surface area contributed by atoms with Crippen LogP contribution in [-0.4, -0.2) is 11.7 Å². The van der Waals surface area contributed by atoms with Gasteiger partial charge in [-0.1, -0.05) is 48.0 Å². The first kappa shape index (κ1) is 16.5. The maximum atomic E-state index is 12.1. The van der Waals surface area contributed by atoms with Crippen LogP contribution >= 0.6 is 11.6 Å². The topological polar surface area (TPSA) is 70.0 Å². The Bertz CT molecular complexity index is 779. The van der Waals surface area contributed by atoms with Gasteiger partial charge in [-0.25, -0.2) is 0 Å². The molecule has 0 fully saturated rings. The number of carbonyl (C=O) groups excluding carboxylic acids is 2. The molecule has 0 heterocycles. The number of hydrogen-bond acceptors (Lipinski definition) is 3. The van der Waals surface area contributed by atoms with E-state index in [9.17, 15) is 9.59 Å². The highest BCUT2D eigenvalue weighted by atomic mass is 35.5. The van der Waals surface area contributed by atoms with Crippen molar-refractivity contribution < 1.29 is 9.59 Å². The predicted molar refractivity (Wildman–Crippen MR) is 89.7 cm³/mol. The third-order valence-electron chi connectivity index (χ3n) is 3.01. The van der Waals surface area contributed by atoms with Gasteiger partial charge in [0, 0.05) is 10.7 Å². The Morgan fingerprint density at radius 1 is 1.13 bits per heavy atom. The quantitative estimate of drug-likeness (QED) is 0.673. The van der Waals surface area contributed by atoms with Crippen molar-refractivity contribution in [2.75, 3.05) is 5.32 Å². The summed E-state index contributed by atoms with van der Waals surface area (Å²) in [5.74, 6) is -2.63. The van der Waals surface area contributed by atoms with Crippen molar-refractivity contribution in [3.63, 3.8) is 0 Å². The Labute approximate surface area is 139 Å². The van der Waals surface area contributed by atoms with E-state index in [1.54, 1.807) is 60.7 Å². The molecular weight excluding hydrogens is 312 g/mol. The van der Waals surface area contributed by atoms with Gasteiger partial charge in [-0.2, -0.15) is 5.26 Å². The minimum absolute atomic E-state index is 0.532. The van der Waals surface area contributed by atoms with Gasteiger partial charge < -0.3 is 5.32 Å². The molecule has 0 spiro atoms. The van der Waals surface area contributed by atoms with Crippen molar-refractivity contribution in [1.82, 2.24) is 0 Å². The lowest BCUT2D eigenvalue weighted by molar-refractivity contribution is -0.126. The summed E-state index contributed by atoms with van der Waals surface area (Å²) in [4.78, 5) is 24.1. The van der Waals surface area contributed by atoms with Crippen LogP contribution < -0.4 is 5.32 Å². The van der Waals surface area contributed by atoms with Gasteiger partial charge in [0.2, 0.25) is 5.91 Å². The number of rotatable bonds is 5. The van der Waals surface area contributed by atoms with Crippen molar-refractivity contribution in [3.05, 3.63) is 71.3 Å². The SMILES string of the molecule is N#CC(C(=O)C=Cc1cccc(Cl)c1)C(=O)Nc1ccccc1. The highest BCUT2D eigenvalue weighted by Crippen LogP contribution is 2.13. The highest BCUT2D eigenvalue weighted by Gasteiger charge is 2.24. The predicted octanol–water partition coefficient (Wildman–Crippen LogP) is 3.70. The minimum atomic E-state index is -1.40. The summed E-state index contributed by atoms with van der Waals surface area (Å²) >= 11 is 5.86. The van der Waals surface area contributed by atoms with E-state index in [1.165, 1.54) is 12.2 Å². The van der Waals surface area contributed by atoms with Crippen LogP contribution in [0.5, 0.6) is 0 Å². The Kier molecular flexibility index (Phi) is 5.67. The number of benzene rings is 2. The molecule has 0 radical (unpaired) electrons. The molecule has 1 amide bonds. The smallest absolute Gasteiger partial charge is 0.249 e. The van der Waals surface area contributed by atoms with Gasteiger partial charge in [-0.3, -0.25) is 9.59 Å². The normalized spacial score (nSPS) is 11.7. The first-order valence-corrected chi connectivity index (χ1v) is 7.21.